The average molecular weight is 249 g/mol. The Kier molecular flexibility index (Phi) is 4.33. The fraction of sp³-hybridized carbons (Fsp3) is 0.308. The molecule has 0 radical (unpaired) electrons. The van der Waals surface area contributed by atoms with E-state index >= 15 is 0 Å². The number of ether oxygens (including phenoxy) is 1. The van der Waals surface area contributed by atoms with Crippen molar-refractivity contribution in [2.45, 2.75) is 19.4 Å². The van der Waals surface area contributed by atoms with Crippen molar-refractivity contribution < 1.29 is 19.1 Å². The highest BCUT2D eigenvalue weighted by Crippen LogP contribution is 2.16. The van der Waals surface area contributed by atoms with Gasteiger partial charge in [0.05, 0.1) is 5.56 Å². The van der Waals surface area contributed by atoms with Gasteiger partial charge in [-0.15, -0.1) is 0 Å². The number of hydrogen-bond acceptors (Lipinski definition) is 5. The van der Waals surface area contributed by atoms with E-state index in [0.717, 1.165) is 0 Å². The van der Waals surface area contributed by atoms with Gasteiger partial charge in [0.15, 0.2) is 11.6 Å². The first-order valence-corrected chi connectivity index (χ1v) is 5.44. The van der Waals surface area contributed by atoms with Crippen LogP contribution in [0, 0.1) is 0 Å². The maximum atomic E-state index is 11.8. The minimum atomic E-state index is -1.88. The van der Waals surface area contributed by atoms with Crippen LogP contribution in [0.3, 0.4) is 0 Å². The summed E-state index contributed by atoms with van der Waals surface area (Å²) in [5, 5.41) is 0. The second-order valence-electron chi connectivity index (χ2n) is 3.90. The first-order chi connectivity index (χ1) is 8.44. The Morgan fingerprint density at radius 3 is 2.00 bits per heavy atom. The predicted octanol–water partition coefficient (Wildman–Crippen LogP) is 0.719. The molecule has 5 heteroatoms. The summed E-state index contributed by atoms with van der Waals surface area (Å²) >= 11 is 0. The number of ketones is 2. The zero-order chi connectivity index (χ0) is 13.8. The summed E-state index contributed by atoms with van der Waals surface area (Å²) in [4.78, 5) is 34.9. The molecule has 0 aliphatic carbocycles. The lowest BCUT2D eigenvalue weighted by atomic mass is 9.94. The molecule has 0 atom stereocenters. The lowest BCUT2D eigenvalue weighted by Gasteiger charge is -2.26. The van der Waals surface area contributed by atoms with Gasteiger partial charge in [0, 0.05) is 6.54 Å². The number of hydrogen-bond donors (Lipinski definition) is 1. The van der Waals surface area contributed by atoms with Gasteiger partial charge in [0.25, 0.3) is 0 Å². The van der Waals surface area contributed by atoms with Gasteiger partial charge in [-0.3, -0.25) is 9.59 Å². The molecular formula is C13H15NO4. The molecule has 1 aromatic carbocycles. The quantitative estimate of drug-likeness (QED) is 0.613. The van der Waals surface area contributed by atoms with E-state index in [1.165, 1.54) is 26.0 Å². The molecule has 0 fully saturated rings. The zero-order valence-electron chi connectivity index (χ0n) is 10.3. The summed E-state index contributed by atoms with van der Waals surface area (Å²) < 4.78 is 5.03. The minimum Gasteiger partial charge on any atom is -0.438 e. The van der Waals surface area contributed by atoms with E-state index in [9.17, 15) is 14.4 Å². The van der Waals surface area contributed by atoms with Crippen LogP contribution in [-0.4, -0.2) is 29.7 Å². The van der Waals surface area contributed by atoms with Crippen molar-refractivity contribution in [1.29, 1.82) is 0 Å². The lowest BCUT2D eigenvalue weighted by molar-refractivity contribution is -0.148. The number of benzene rings is 1. The van der Waals surface area contributed by atoms with E-state index in [2.05, 4.69) is 0 Å². The maximum absolute atomic E-state index is 11.8. The fourth-order valence-electron chi connectivity index (χ4n) is 1.51. The van der Waals surface area contributed by atoms with Gasteiger partial charge >= 0.3 is 5.97 Å². The van der Waals surface area contributed by atoms with Gasteiger partial charge in [-0.1, -0.05) is 18.2 Å². The highest BCUT2D eigenvalue weighted by Gasteiger charge is 2.43. The number of Topliss-reactive ketones (excluding diaryl/α,β-unsaturated/α-hetero) is 2. The molecule has 0 heterocycles. The summed E-state index contributed by atoms with van der Waals surface area (Å²) in [6.45, 7) is 1.98. The zero-order valence-corrected chi connectivity index (χ0v) is 10.3. The predicted molar refractivity (Wildman–Crippen MR) is 65.0 cm³/mol. The standard InChI is InChI=1S/C13H15NO4/c1-9(15)13(8-14,10(2)16)18-12(17)11-6-4-3-5-7-11/h3-7H,8,14H2,1-2H3. The number of carbonyl (C=O) groups excluding carboxylic acids is 3. The van der Waals surface area contributed by atoms with Crippen molar-refractivity contribution in [3.63, 3.8) is 0 Å². The van der Waals surface area contributed by atoms with Crippen LogP contribution >= 0.6 is 0 Å². The minimum absolute atomic E-state index is 0.262. The highest BCUT2D eigenvalue weighted by molar-refractivity contribution is 6.11. The average Bonchev–Trinajstić information content (AvgIpc) is 2.36. The van der Waals surface area contributed by atoms with Gasteiger partial charge in [0.2, 0.25) is 5.60 Å². The highest BCUT2D eigenvalue weighted by atomic mass is 16.6. The summed E-state index contributed by atoms with van der Waals surface area (Å²) in [7, 11) is 0. The molecule has 0 bridgehead atoms. The number of esters is 1. The van der Waals surface area contributed by atoms with Crippen LogP contribution in [0.4, 0.5) is 0 Å². The molecule has 1 aromatic rings. The second kappa shape index (κ2) is 5.55. The van der Waals surface area contributed by atoms with E-state index < -0.39 is 23.1 Å². The van der Waals surface area contributed by atoms with E-state index in [1.807, 2.05) is 0 Å². The number of rotatable bonds is 5. The van der Waals surface area contributed by atoms with Crippen molar-refractivity contribution >= 4 is 17.5 Å². The first kappa shape index (κ1) is 14.1. The molecule has 5 nitrogen and oxygen atoms in total. The van der Waals surface area contributed by atoms with Crippen LogP contribution in [-0.2, 0) is 14.3 Å². The summed E-state index contributed by atoms with van der Waals surface area (Å²) in [5.41, 5.74) is 3.80. The molecule has 0 aromatic heterocycles. The molecule has 0 amide bonds. The summed E-state index contributed by atoms with van der Waals surface area (Å²) in [5.74, 6) is -1.91. The molecule has 0 unspecified atom stereocenters. The van der Waals surface area contributed by atoms with Crippen LogP contribution in [0.5, 0.6) is 0 Å². The molecule has 96 valence electrons. The largest absolute Gasteiger partial charge is 0.438 e. The number of carbonyl (C=O) groups is 3. The summed E-state index contributed by atoms with van der Waals surface area (Å²) in [6.07, 6.45) is 0. The number of nitrogens with two attached hydrogens (primary N) is 1. The molecule has 0 aliphatic heterocycles. The molecule has 0 aliphatic rings. The lowest BCUT2D eigenvalue weighted by Crippen LogP contribution is -2.54. The third-order valence-electron chi connectivity index (χ3n) is 2.70. The first-order valence-electron chi connectivity index (χ1n) is 5.44. The van der Waals surface area contributed by atoms with E-state index in [0.29, 0.717) is 0 Å². The molecule has 0 saturated heterocycles. The molecule has 0 spiro atoms. The Morgan fingerprint density at radius 1 is 1.11 bits per heavy atom. The Morgan fingerprint density at radius 2 is 1.61 bits per heavy atom. The smallest absolute Gasteiger partial charge is 0.339 e. The van der Waals surface area contributed by atoms with Crippen molar-refractivity contribution in [1.82, 2.24) is 0 Å². The molecule has 1 rings (SSSR count). The van der Waals surface area contributed by atoms with Gasteiger partial charge in [-0.2, -0.15) is 0 Å². The Labute approximate surface area is 105 Å². The fourth-order valence-corrected chi connectivity index (χ4v) is 1.51. The SMILES string of the molecule is CC(=O)C(CN)(OC(=O)c1ccccc1)C(C)=O. The van der Waals surface area contributed by atoms with E-state index in [1.54, 1.807) is 18.2 Å². The van der Waals surface area contributed by atoms with E-state index in [4.69, 9.17) is 10.5 Å². The molecular weight excluding hydrogens is 234 g/mol. The van der Waals surface area contributed by atoms with Gasteiger partial charge < -0.3 is 10.5 Å². The van der Waals surface area contributed by atoms with Crippen molar-refractivity contribution in [3.8, 4) is 0 Å². The van der Waals surface area contributed by atoms with Crippen LogP contribution in [0.15, 0.2) is 30.3 Å². The van der Waals surface area contributed by atoms with Crippen molar-refractivity contribution in [2.75, 3.05) is 6.54 Å². The van der Waals surface area contributed by atoms with Crippen LogP contribution in [0.25, 0.3) is 0 Å². The van der Waals surface area contributed by atoms with Crippen LogP contribution < -0.4 is 5.73 Å². The Bertz CT molecular complexity index is 453. The van der Waals surface area contributed by atoms with Crippen LogP contribution in [0.2, 0.25) is 0 Å². The topological polar surface area (TPSA) is 86.5 Å². The van der Waals surface area contributed by atoms with Crippen molar-refractivity contribution in [2.24, 2.45) is 5.73 Å². The molecule has 18 heavy (non-hydrogen) atoms. The van der Waals surface area contributed by atoms with Crippen molar-refractivity contribution in [3.05, 3.63) is 35.9 Å². The normalized spacial score (nSPS) is 10.8. The molecule has 0 saturated carbocycles. The Hall–Kier alpha value is -2.01. The third kappa shape index (κ3) is 2.62. The molecule has 2 N–H and O–H groups in total. The summed E-state index contributed by atoms with van der Waals surface area (Å²) in [6, 6.07) is 8.11. The van der Waals surface area contributed by atoms with Crippen LogP contribution in [0.1, 0.15) is 24.2 Å². The maximum Gasteiger partial charge on any atom is 0.339 e. The Balaban J connectivity index is 3.02. The monoisotopic (exact) mass is 249 g/mol. The second-order valence-corrected chi connectivity index (χ2v) is 3.90. The van der Waals surface area contributed by atoms with E-state index in [-0.39, 0.29) is 12.1 Å². The third-order valence-corrected chi connectivity index (χ3v) is 2.70. The van der Waals surface area contributed by atoms with Gasteiger partial charge in [-0.05, 0) is 26.0 Å². The van der Waals surface area contributed by atoms with Gasteiger partial charge in [0.1, 0.15) is 0 Å². The van der Waals surface area contributed by atoms with Gasteiger partial charge in [-0.25, -0.2) is 4.79 Å².